The predicted molar refractivity (Wildman–Crippen MR) is 303 cm³/mol. The van der Waals surface area contributed by atoms with Gasteiger partial charge >= 0.3 is 0 Å². The van der Waals surface area contributed by atoms with Gasteiger partial charge in [0.1, 0.15) is 0 Å². The lowest BCUT2D eigenvalue weighted by Gasteiger charge is -2.35. The van der Waals surface area contributed by atoms with Crippen molar-refractivity contribution in [2.75, 3.05) is 4.90 Å². The molecule has 4 aliphatic rings. The van der Waals surface area contributed by atoms with Crippen LogP contribution in [0, 0.1) is 0 Å². The number of benzene rings is 7. The third-order valence-corrected chi connectivity index (χ3v) is 15.0. The van der Waals surface area contributed by atoms with Crippen LogP contribution in [0.15, 0.2) is 295 Å². The Balaban J connectivity index is 0.992. The summed E-state index contributed by atoms with van der Waals surface area (Å²) in [4.78, 5) is 2.45. The van der Waals surface area contributed by atoms with E-state index in [0.29, 0.717) is 5.92 Å². The van der Waals surface area contributed by atoms with Gasteiger partial charge in [-0.2, -0.15) is 0 Å². The molecular formula is C69H59N3. The second-order valence-corrected chi connectivity index (χ2v) is 19.0. The molecule has 0 bridgehead atoms. The van der Waals surface area contributed by atoms with Gasteiger partial charge in [-0.15, -0.1) is 0 Å². The monoisotopic (exact) mass is 929 g/mol. The van der Waals surface area contributed by atoms with E-state index in [1.54, 1.807) is 0 Å². The first-order valence-electron chi connectivity index (χ1n) is 25.2. The lowest BCUT2D eigenvalue weighted by atomic mass is 9.67. The van der Waals surface area contributed by atoms with E-state index in [9.17, 15) is 0 Å². The minimum absolute atomic E-state index is 0.306. The predicted octanol–water partition coefficient (Wildman–Crippen LogP) is 17.2. The second-order valence-electron chi connectivity index (χ2n) is 19.0. The van der Waals surface area contributed by atoms with Crippen molar-refractivity contribution in [2.45, 2.75) is 44.4 Å². The van der Waals surface area contributed by atoms with Crippen LogP contribution < -0.4 is 10.7 Å². The number of hydrogen-bond donors (Lipinski definition) is 1. The number of anilines is 2. The first-order valence-corrected chi connectivity index (χ1v) is 25.2. The maximum atomic E-state index is 7.08. The smallest absolute Gasteiger partial charge is 0.0714 e. The maximum absolute atomic E-state index is 7.08. The van der Waals surface area contributed by atoms with Crippen LogP contribution in [0.25, 0.3) is 27.8 Å². The van der Waals surface area contributed by atoms with E-state index in [-0.39, 0.29) is 0 Å². The summed E-state index contributed by atoms with van der Waals surface area (Å²) in [5.74, 6) is 7.38. The molecule has 1 atom stereocenters. The molecule has 0 saturated carbocycles. The normalized spacial score (nSPS) is 17.5. The maximum Gasteiger partial charge on any atom is 0.0714 e. The quantitative estimate of drug-likeness (QED) is 0.124. The van der Waals surface area contributed by atoms with Crippen LogP contribution in [0.4, 0.5) is 11.4 Å². The third kappa shape index (κ3) is 8.12. The Morgan fingerprint density at radius 1 is 0.722 bits per heavy atom. The van der Waals surface area contributed by atoms with Crippen LogP contribution in [-0.4, -0.2) is 5.01 Å². The van der Waals surface area contributed by atoms with Crippen molar-refractivity contribution in [3.05, 3.63) is 329 Å². The summed E-state index contributed by atoms with van der Waals surface area (Å²) in [7, 11) is 0. The van der Waals surface area contributed by atoms with E-state index in [1.807, 2.05) is 18.0 Å². The standard InChI is InChI=1S/C69H59N3/c1-5-22-62-50(6-2)46-67(55-25-13-8-14-26-55)72(70)68(62)49(4)48(3)51-35-37-54(38-36-51)56-27-21-32-60(45-56)71(59-41-39-53(40-42-59)52-23-11-7-12-24-52)61-43-44-64-63-33-19-20-34-65(63)69(66(64)47-61,57-28-15-9-16-29-57)58-30-17-10-18-31-58/h5-13,15-25,27-39,41-47,53H,2-3,14,26,40,70H2,1,4H3/b22-5-,68-49-/t53-/m1/s1. The van der Waals surface area contributed by atoms with Crippen molar-refractivity contribution in [3.8, 4) is 22.3 Å². The molecule has 11 rings (SSSR count). The number of hydrazine groups is 1. The molecule has 350 valence electrons. The second kappa shape index (κ2) is 19.7. The van der Waals surface area contributed by atoms with Crippen molar-refractivity contribution >= 4 is 16.9 Å². The van der Waals surface area contributed by atoms with Gasteiger partial charge in [0.15, 0.2) is 0 Å². The summed E-state index contributed by atoms with van der Waals surface area (Å²) >= 11 is 0. The highest BCUT2D eigenvalue weighted by Gasteiger charge is 2.46. The number of hydrogen-bond acceptors (Lipinski definition) is 3. The topological polar surface area (TPSA) is 32.5 Å². The molecule has 1 aliphatic heterocycles. The molecular weight excluding hydrogens is 871 g/mol. The zero-order chi connectivity index (χ0) is 49.2. The largest absolute Gasteiger partial charge is 0.311 e. The number of nitrogens with two attached hydrogens (primary N) is 1. The van der Waals surface area contributed by atoms with Crippen molar-refractivity contribution in [1.29, 1.82) is 0 Å². The van der Waals surface area contributed by atoms with E-state index in [2.05, 4.69) is 262 Å². The summed E-state index contributed by atoms with van der Waals surface area (Å²) in [5, 5.41) is 1.85. The van der Waals surface area contributed by atoms with E-state index in [1.165, 1.54) is 44.5 Å². The summed E-state index contributed by atoms with van der Waals surface area (Å²) < 4.78 is 0. The summed E-state index contributed by atoms with van der Waals surface area (Å²) in [6.45, 7) is 13.0. The highest BCUT2D eigenvalue weighted by molar-refractivity contribution is 5.89. The summed E-state index contributed by atoms with van der Waals surface area (Å²) in [5.41, 5.74) is 22.2. The average molecular weight is 930 g/mol. The Kier molecular flexibility index (Phi) is 12.6. The average Bonchev–Trinajstić information content (AvgIpc) is 3.74. The van der Waals surface area contributed by atoms with Crippen LogP contribution in [0.5, 0.6) is 0 Å². The fourth-order valence-corrected chi connectivity index (χ4v) is 11.4. The van der Waals surface area contributed by atoms with Crippen LogP contribution in [0.2, 0.25) is 0 Å². The van der Waals surface area contributed by atoms with E-state index in [0.717, 1.165) is 86.7 Å². The van der Waals surface area contributed by atoms with E-state index < -0.39 is 5.41 Å². The molecule has 0 spiro atoms. The molecule has 3 heteroatoms. The van der Waals surface area contributed by atoms with E-state index >= 15 is 0 Å². The fraction of sp³-hybridized carbons (Fsp3) is 0.101. The van der Waals surface area contributed by atoms with Gasteiger partial charge in [-0.1, -0.05) is 219 Å². The SMILES string of the molecule is C=CC1=C(/C=C\C)/C(=C(\C)C(=C)c2ccc(-c3cccc(N(C4=CC[C@H](c5ccccc5)C=C4)c4ccc5c(c4)C(c4ccccc4)(c4ccccc4)c4ccccc4-5)c3)cc2)N(N)C(C2=CC=CCC2)=C1. The number of allylic oxidation sites excluding steroid dienone is 14. The molecule has 0 fully saturated rings. The fourth-order valence-electron chi connectivity index (χ4n) is 11.4. The van der Waals surface area contributed by atoms with Gasteiger partial charge in [0, 0.05) is 28.6 Å². The van der Waals surface area contributed by atoms with Crippen LogP contribution >= 0.6 is 0 Å². The van der Waals surface area contributed by atoms with Gasteiger partial charge < -0.3 is 4.90 Å². The first-order chi connectivity index (χ1) is 35.4. The number of fused-ring (bicyclic) bond motifs is 3. The van der Waals surface area contributed by atoms with Gasteiger partial charge in [-0.05, 0) is 147 Å². The van der Waals surface area contributed by atoms with Gasteiger partial charge in [-0.25, -0.2) is 5.84 Å². The van der Waals surface area contributed by atoms with Crippen LogP contribution in [-0.2, 0) is 5.41 Å². The Hall–Kier alpha value is -8.50. The highest BCUT2D eigenvalue weighted by atomic mass is 15.4. The summed E-state index contributed by atoms with van der Waals surface area (Å²) in [6, 6.07) is 66.8. The zero-order valence-corrected chi connectivity index (χ0v) is 41.2. The van der Waals surface area contributed by atoms with Gasteiger partial charge in [0.2, 0.25) is 0 Å². The Morgan fingerprint density at radius 2 is 1.40 bits per heavy atom. The molecule has 3 aliphatic carbocycles. The van der Waals surface area contributed by atoms with Gasteiger partial charge in [-0.3, -0.25) is 5.01 Å². The van der Waals surface area contributed by atoms with Crippen LogP contribution in [0.1, 0.15) is 72.4 Å². The molecule has 0 amide bonds. The molecule has 72 heavy (non-hydrogen) atoms. The minimum Gasteiger partial charge on any atom is -0.311 e. The Bertz CT molecular complexity index is 3440. The Morgan fingerprint density at radius 3 is 2.07 bits per heavy atom. The van der Waals surface area contributed by atoms with E-state index in [4.69, 9.17) is 5.84 Å². The first kappa shape index (κ1) is 45.9. The van der Waals surface area contributed by atoms with Crippen molar-refractivity contribution in [1.82, 2.24) is 5.01 Å². The lowest BCUT2D eigenvalue weighted by Crippen LogP contribution is -2.34. The lowest BCUT2D eigenvalue weighted by molar-refractivity contribution is 0.454. The molecule has 0 radical (unpaired) electrons. The van der Waals surface area contributed by atoms with Crippen molar-refractivity contribution in [3.63, 3.8) is 0 Å². The highest BCUT2D eigenvalue weighted by Crippen LogP contribution is 2.57. The number of nitrogens with zero attached hydrogens (tertiary/aromatic N) is 2. The van der Waals surface area contributed by atoms with Crippen molar-refractivity contribution < 1.29 is 0 Å². The Labute approximate surface area is 426 Å². The molecule has 0 unspecified atom stereocenters. The van der Waals surface area contributed by atoms with Gasteiger partial charge in [0.25, 0.3) is 0 Å². The zero-order valence-electron chi connectivity index (χ0n) is 41.2. The third-order valence-electron chi connectivity index (χ3n) is 15.0. The summed E-state index contributed by atoms with van der Waals surface area (Å²) in [6.07, 6.45) is 24.7. The molecule has 3 nitrogen and oxygen atoms in total. The van der Waals surface area contributed by atoms with Crippen LogP contribution in [0.3, 0.4) is 0 Å². The molecule has 1 heterocycles. The molecule has 7 aromatic carbocycles. The van der Waals surface area contributed by atoms with Gasteiger partial charge in [0.05, 0.1) is 16.8 Å². The molecule has 0 saturated heterocycles. The molecule has 0 aromatic heterocycles. The van der Waals surface area contributed by atoms with Crippen molar-refractivity contribution in [2.24, 2.45) is 5.84 Å². The minimum atomic E-state index is -0.519. The molecule has 7 aromatic rings. The molecule has 2 N–H and O–H groups in total. The number of rotatable bonds is 12.